The predicted molar refractivity (Wildman–Crippen MR) is 126 cm³/mol. The van der Waals surface area contributed by atoms with Crippen LogP contribution in [0.4, 0.5) is 0 Å². The summed E-state index contributed by atoms with van der Waals surface area (Å²) in [6, 6.07) is 2.29. The lowest BCUT2D eigenvalue weighted by molar-refractivity contribution is 0.0140. The van der Waals surface area contributed by atoms with E-state index in [0.29, 0.717) is 36.7 Å². The first kappa shape index (κ1) is 22.2. The molecule has 0 aliphatic carbocycles. The number of hydrogen-bond acceptors (Lipinski definition) is 7. The van der Waals surface area contributed by atoms with Crippen LogP contribution in [0.1, 0.15) is 51.3 Å². The van der Waals surface area contributed by atoms with Crippen LogP contribution >= 0.6 is 0 Å². The third kappa shape index (κ3) is 4.58. The van der Waals surface area contributed by atoms with Gasteiger partial charge in [-0.1, -0.05) is 13.8 Å². The van der Waals surface area contributed by atoms with Crippen molar-refractivity contribution in [2.75, 3.05) is 19.6 Å². The molecule has 9 nitrogen and oxygen atoms in total. The highest BCUT2D eigenvalue weighted by Crippen LogP contribution is 2.26. The van der Waals surface area contributed by atoms with Gasteiger partial charge in [0, 0.05) is 36.3 Å². The Morgan fingerprint density at radius 3 is 2.78 bits per heavy atom. The zero-order valence-electron chi connectivity index (χ0n) is 18.8. The van der Waals surface area contributed by atoms with Gasteiger partial charge in [0.15, 0.2) is 0 Å². The van der Waals surface area contributed by atoms with Crippen molar-refractivity contribution in [2.24, 2.45) is 0 Å². The molecule has 0 spiro atoms. The lowest BCUT2D eigenvalue weighted by Crippen LogP contribution is -2.47. The third-order valence-electron chi connectivity index (χ3n) is 6.26. The minimum atomic E-state index is -0.733. The van der Waals surface area contributed by atoms with Crippen LogP contribution in [0.25, 0.3) is 22.3 Å². The second kappa shape index (κ2) is 9.62. The fourth-order valence-electron chi connectivity index (χ4n) is 4.21. The number of nitrogens with one attached hydrogen (secondary N) is 3. The number of fused-ring (bicyclic) bond motifs is 1. The van der Waals surface area contributed by atoms with E-state index in [1.807, 2.05) is 29.3 Å². The molecule has 4 heterocycles. The summed E-state index contributed by atoms with van der Waals surface area (Å²) in [5.41, 5.74) is 3.11. The van der Waals surface area contributed by atoms with Crippen molar-refractivity contribution in [3.05, 3.63) is 42.7 Å². The number of aromatic nitrogens is 5. The smallest absolute Gasteiger partial charge is 0.0999 e. The lowest BCUT2D eigenvalue weighted by Gasteiger charge is -2.32. The highest BCUT2D eigenvalue weighted by atomic mass is 16.3. The van der Waals surface area contributed by atoms with Gasteiger partial charge >= 0.3 is 0 Å². The summed E-state index contributed by atoms with van der Waals surface area (Å²) in [6.45, 7) is 6.39. The summed E-state index contributed by atoms with van der Waals surface area (Å²) in [5, 5.41) is 34.1. The van der Waals surface area contributed by atoms with E-state index < -0.39 is 5.60 Å². The molecule has 170 valence electrons. The summed E-state index contributed by atoms with van der Waals surface area (Å²) >= 11 is 0. The summed E-state index contributed by atoms with van der Waals surface area (Å²) in [7, 11) is 0. The van der Waals surface area contributed by atoms with Crippen molar-refractivity contribution in [2.45, 2.75) is 51.2 Å². The molecule has 0 unspecified atom stereocenters. The molecule has 9 heteroatoms. The van der Waals surface area contributed by atoms with Crippen LogP contribution in [-0.4, -0.2) is 60.9 Å². The molecule has 1 saturated heterocycles. The summed E-state index contributed by atoms with van der Waals surface area (Å²) < 4.78 is 3.79. The van der Waals surface area contributed by atoms with E-state index in [0.717, 1.165) is 42.7 Å². The maximum Gasteiger partial charge on any atom is 0.0999 e. The van der Waals surface area contributed by atoms with Crippen molar-refractivity contribution in [1.29, 1.82) is 5.41 Å². The molecule has 4 rings (SSSR count). The molecule has 1 fully saturated rings. The lowest BCUT2D eigenvalue weighted by atomic mass is 9.92. The van der Waals surface area contributed by atoms with Gasteiger partial charge < -0.3 is 21.1 Å². The van der Waals surface area contributed by atoms with Gasteiger partial charge in [-0.05, 0) is 44.8 Å². The van der Waals surface area contributed by atoms with Gasteiger partial charge in [0.2, 0.25) is 0 Å². The Morgan fingerprint density at radius 1 is 1.28 bits per heavy atom. The molecule has 0 bridgehead atoms. The largest absolute Gasteiger partial charge is 0.388 e. The van der Waals surface area contributed by atoms with E-state index in [2.05, 4.69) is 34.7 Å². The number of nitrogens with zero attached hydrogens (tertiary/aromatic N) is 5. The zero-order valence-corrected chi connectivity index (χ0v) is 18.8. The van der Waals surface area contributed by atoms with Crippen molar-refractivity contribution in [3.63, 3.8) is 0 Å². The van der Waals surface area contributed by atoms with E-state index in [1.165, 1.54) is 6.21 Å². The van der Waals surface area contributed by atoms with Gasteiger partial charge in [-0.25, -0.2) is 9.50 Å². The van der Waals surface area contributed by atoms with Gasteiger partial charge in [0.25, 0.3) is 0 Å². The van der Waals surface area contributed by atoms with Gasteiger partial charge in [0.1, 0.15) is 0 Å². The van der Waals surface area contributed by atoms with Crippen molar-refractivity contribution in [1.82, 2.24) is 35.0 Å². The Bertz CT molecular complexity index is 1090. The second-order valence-electron chi connectivity index (χ2n) is 8.41. The summed E-state index contributed by atoms with van der Waals surface area (Å²) in [5.74, 6) is 0. The molecular formula is C23H32N8O. The maximum atomic E-state index is 10.7. The molecule has 3 aromatic heterocycles. The van der Waals surface area contributed by atoms with E-state index >= 15 is 0 Å². The van der Waals surface area contributed by atoms with Crippen LogP contribution < -0.4 is 10.6 Å². The van der Waals surface area contributed by atoms with E-state index in [4.69, 9.17) is 10.4 Å². The molecule has 0 saturated carbocycles. The molecule has 0 radical (unpaired) electrons. The first-order valence-electron chi connectivity index (χ1n) is 11.3. The Kier molecular flexibility index (Phi) is 6.66. The molecule has 32 heavy (non-hydrogen) atoms. The molecule has 1 aliphatic heterocycles. The Labute approximate surface area is 188 Å². The highest BCUT2D eigenvalue weighted by Gasteiger charge is 2.28. The van der Waals surface area contributed by atoms with Crippen molar-refractivity contribution < 1.29 is 5.11 Å². The van der Waals surface area contributed by atoms with Crippen LogP contribution in [0.3, 0.4) is 0 Å². The van der Waals surface area contributed by atoms with Gasteiger partial charge in [-0.3, -0.25) is 4.68 Å². The minimum Gasteiger partial charge on any atom is -0.388 e. The standard InChI is InChI=1S/C23H32N8O/c1-3-19(4-2)30-14-18(13-28-30)22-21-5-8-27-31(21)15-20(29-22)17(11-24)12-26-16-23(32)6-9-25-10-7-23/h5,8,11-15,19,24-26,32H,3-4,6-7,9-10,16H2,1-2H3/b17-12+,24-11?. The van der Waals surface area contributed by atoms with Crippen molar-refractivity contribution >= 4 is 17.3 Å². The maximum absolute atomic E-state index is 10.7. The van der Waals surface area contributed by atoms with Crippen LogP contribution in [0, 0.1) is 5.41 Å². The average Bonchev–Trinajstić information content (AvgIpc) is 3.47. The van der Waals surface area contributed by atoms with Crippen molar-refractivity contribution in [3.8, 4) is 11.3 Å². The monoisotopic (exact) mass is 436 g/mol. The molecule has 1 aliphatic rings. The molecule has 3 aromatic rings. The van der Waals surface area contributed by atoms with Gasteiger partial charge in [-0.2, -0.15) is 10.2 Å². The summed E-state index contributed by atoms with van der Waals surface area (Å²) in [4.78, 5) is 4.88. The van der Waals surface area contributed by atoms with Crippen LogP contribution in [0.5, 0.6) is 0 Å². The second-order valence-corrected chi connectivity index (χ2v) is 8.41. The zero-order chi connectivity index (χ0) is 22.6. The fourth-order valence-corrected chi connectivity index (χ4v) is 4.21. The molecule has 0 atom stereocenters. The number of aliphatic hydroxyl groups is 1. The predicted octanol–water partition coefficient (Wildman–Crippen LogP) is 2.65. The fraction of sp³-hybridized carbons (Fsp3) is 0.478. The molecular weight excluding hydrogens is 404 g/mol. The number of rotatable bonds is 9. The number of hydrogen-bond donors (Lipinski definition) is 4. The quantitative estimate of drug-likeness (QED) is 0.383. The third-order valence-corrected chi connectivity index (χ3v) is 6.26. The highest BCUT2D eigenvalue weighted by molar-refractivity contribution is 6.07. The van der Waals surface area contributed by atoms with E-state index in [-0.39, 0.29) is 0 Å². The molecule has 0 aromatic carbocycles. The normalized spacial score (nSPS) is 16.6. The average molecular weight is 437 g/mol. The Morgan fingerprint density at radius 2 is 2.06 bits per heavy atom. The topological polar surface area (TPSA) is 116 Å². The van der Waals surface area contributed by atoms with Crippen LogP contribution in [-0.2, 0) is 0 Å². The first-order chi connectivity index (χ1) is 15.6. The van der Waals surface area contributed by atoms with E-state index in [1.54, 1.807) is 16.9 Å². The minimum absolute atomic E-state index is 0.356. The van der Waals surface area contributed by atoms with Crippen LogP contribution in [0.15, 0.2) is 37.1 Å². The summed E-state index contributed by atoms with van der Waals surface area (Å²) in [6.07, 6.45) is 13.9. The SMILES string of the molecule is CCC(CC)n1cc(-c2nc(/C(C=N)=C/NCC3(O)CCNCC3)cn3nccc23)cn1. The number of piperidine rings is 1. The van der Waals surface area contributed by atoms with Gasteiger partial charge in [0.05, 0.1) is 47.1 Å². The molecule has 4 N–H and O–H groups in total. The first-order valence-corrected chi connectivity index (χ1v) is 11.3. The van der Waals surface area contributed by atoms with Gasteiger partial charge in [-0.15, -0.1) is 0 Å². The molecule has 0 amide bonds. The Hall–Kier alpha value is -3.04. The van der Waals surface area contributed by atoms with Crippen LogP contribution in [0.2, 0.25) is 0 Å². The van der Waals surface area contributed by atoms with E-state index in [9.17, 15) is 5.11 Å². The number of allylic oxidation sites excluding steroid dienone is 1. The Balaban J connectivity index is 1.63.